The van der Waals surface area contributed by atoms with Gasteiger partial charge in [-0.3, -0.25) is 4.68 Å². The maximum Gasteiger partial charge on any atom is 0.0644 e. The molecule has 1 heterocycles. The van der Waals surface area contributed by atoms with Crippen LogP contribution >= 0.6 is 0 Å². The Bertz CT molecular complexity index is 289. The van der Waals surface area contributed by atoms with E-state index < -0.39 is 0 Å². The Hall–Kier alpha value is -0.830. The van der Waals surface area contributed by atoms with Crippen molar-refractivity contribution in [3.05, 3.63) is 17.0 Å². The van der Waals surface area contributed by atoms with Crippen molar-refractivity contribution in [3.63, 3.8) is 0 Å². The molecule has 0 spiro atoms. The van der Waals surface area contributed by atoms with Crippen molar-refractivity contribution in [2.75, 3.05) is 6.61 Å². The van der Waals surface area contributed by atoms with Crippen molar-refractivity contribution in [1.82, 2.24) is 9.78 Å². The van der Waals surface area contributed by atoms with Crippen molar-refractivity contribution >= 4 is 0 Å². The van der Waals surface area contributed by atoms with E-state index in [4.69, 9.17) is 5.11 Å². The fourth-order valence-corrected chi connectivity index (χ4v) is 1.69. The Labute approximate surface area is 79.4 Å². The van der Waals surface area contributed by atoms with Gasteiger partial charge in [0.25, 0.3) is 0 Å². The average molecular weight is 182 g/mol. The normalized spacial score (nSPS) is 11.2. The van der Waals surface area contributed by atoms with Gasteiger partial charge in [0, 0.05) is 5.69 Å². The summed E-state index contributed by atoms with van der Waals surface area (Å²) >= 11 is 0. The van der Waals surface area contributed by atoms with E-state index in [9.17, 15) is 0 Å². The standard InChI is InChI=1S/C10H18N2O/c1-7(2)10-8(3)9(4)11-12(10)5-6-13/h7,13H,5-6H2,1-4H3. The second-order valence-corrected chi connectivity index (χ2v) is 3.70. The molecule has 0 fully saturated rings. The molecule has 13 heavy (non-hydrogen) atoms. The van der Waals surface area contributed by atoms with Gasteiger partial charge in [0.2, 0.25) is 0 Å². The molecule has 0 aliphatic rings. The number of aliphatic hydroxyl groups excluding tert-OH is 1. The van der Waals surface area contributed by atoms with Crippen molar-refractivity contribution in [2.24, 2.45) is 0 Å². The number of aromatic nitrogens is 2. The van der Waals surface area contributed by atoms with Gasteiger partial charge in [-0.25, -0.2) is 0 Å². The summed E-state index contributed by atoms with van der Waals surface area (Å²) in [6, 6.07) is 0. The van der Waals surface area contributed by atoms with Crippen molar-refractivity contribution in [1.29, 1.82) is 0 Å². The predicted molar refractivity (Wildman–Crippen MR) is 52.9 cm³/mol. The van der Waals surface area contributed by atoms with Gasteiger partial charge in [0.1, 0.15) is 0 Å². The van der Waals surface area contributed by atoms with Gasteiger partial charge in [0.15, 0.2) is 0 Å². The van der Waals surface area contributed by atoms with Crippen LogP contribution in [0.25, 0.3) is 0 Å². The van der Waals surface area contributed by atoms with Crippen LogP contribution < -0.4 is 0 Å². The maximum absolute atomic E-state index is 8.87. The third-order valence-electron chi connectivity index (χ3n) is 2.33. The third-order valence-corrected chi connectivity index (χ3v) is 2.33. The van der Waals surface area contributed by atoms with E-state index in [0.29, 0.717) is 12.5 Å². The second-order valence-electron chi connectivity index (χ2n) is 3.70. The molecule has 1 aromatic rings. The molecule has 0 aliphatic carbocycles. The number of aryl methyl sites for hydroxylation is 1. The minimum atomic E-state index is 0.153. The first-order chi connectivity index (χ1) is 6.07. The highest BCUT2D eigenvalue weighted by atomic mass is 16.3. The second kappa shape index (κ2) is 3.92. The van der Waals surface area contributed by atoms with Gasteiger partial charge >= 0.3 is 0 Å². The summed E-state index contributed by atoms with van der Waals surface area (Å²) in [7, 11) is 0. The molecule has 3 nitrogen and oxygen atoms in total. The summed E-state index contributed by atoms with van der Waals surface area (Å²) in [6.07, 6.45) is 0. The first-order valence-corrected chi connectivity index (χ1v) is 4.72. The number of aliphatic hydroxyl groups is 1. The van der Waals surface area contributed by atoms with E-state index in [1.54, 1.807) is 0 Å². The minimum Gasteiger partial charge on any atom is -0.394 e. The molecule has 0 amide bonds. The summed E-state index contributed by atoms with van der Waals surface area (Å²) in [5.41, 5.74) is 3.56. The summed E-state index contributed by atoms with van der Waals surface area (Å²) in [6.45, 7) is 9.15. The lowest BCUT2D eigenvalue weighted by Gasteiger charge is -2.09. The molecular formula is C10H18N2O. The average Bonchev–Trinajstić information content (AvgIpc) is 2.28. The Kier molecular flexibility index (Phi) is 3.09. The summed E-state index contributed by atoms with van der Waals surface area (Å²) in [5, 5.41) is 13.2. The molecule has 0 atom stereocenters. The fourth-order valence-electron chi connectivity index (χ4n) is 1.69. The first kappa shape index (κ1) is 10.3. The van der Waals surface area contributed by atoms with Crippen LogP contribution in [0.1, 0.15) is 36.7 Å². The lowest BCUT2D eigenvalue weighted by molar-refractivity contribution is 0.266. The van der Waals surface area contributed by atoms with E-state index in [1.807, 2.05) is 11.6 Å². The number of nitrogens with zero attached hydrogens (tertiary/aromatic N) is 2. The minimum absolute atomic E-state index is 0.153. The lowest BCUT2D eigenvalue weighted by Crippen LogP contribution is -2.09. The van der Waals surface area contributed by atoms with E-state index in [0.717, 1.165) is 5.69 Å². The van der Waals surface area contributed by atoms with Crippen LogP contribution in [0, 0.1) is 13.8 Å². The van der Waals surface area contributed by atoms with Gasteiger partial charge in [0.05, 0.1) is 18.8 Å². The molecule has 1 rings (SSSR count). The van der Waals surface area contributed by atoms with E-state index in [-0.39, 0.29) is 6.61 Å². The molecule has 0 aromatic carbocycles. The maximum atomic E-state index is 8.87. The Morgan fingerprint density at radius 3 is 2.46 bits per heavy atom. The van der Waals surface area contributed by atoms with Crippen molar-refractivity contribution < 1.29 is 5.11 Å². The quantitative estimate of drug-likeness (QED) is 0.771. The smallest absolute Gasteiger partial charge is 0.0644 e. The molecule has 1 aromatic heterocycles. The number of hydrogen-bond acceptors (Lipinski definition) is 2. The van der Waals surface area contributed by atoms with Crippen LogP contribution in [-0.4, -0.2) is 21.5 Å². The number of hydrogen-bond donors (Lipinski definition) is 1. The molecule has 0 aliphatic heterocycles. The molecule has 0 saturated heterocycles. The molecule has 3 heteroatoms. The van der Waals surface area contributed by atoms with Gasteiger partial charge in [-0.05, 0) is 25.3 Å². The zero-order valence-electron chi connectivity index (χ0n) is 8.83. The highest BCUT2D eigenvalue weighted by molar-refractivity contribution is 5.26. The molecule has 1 N–H and O–H groups in total. The lowest BCUT2D eigenvalue weighted by atomic mass is 10.1. The summed E-state index contributed by atoms with van der Waals surface area (Å²) in [5.74, 6) is 0.466. The fraction of sp³-hybridized carbons (Fsp3) is 0.700. The molecule has 74 valence electrons. The Morgan fingerprint density at radius 2 is 2.00 bits per heavy atom. The van der Waals surface area contributed by atoms with E-state index in [1.165, 1.54) is 11.3 Å². The zero-order valence-corrected chi connectivity index (χ0v) is 8.83. The first-order valence-electron chi connectivity index (χ1n) is 4.72. The van der Waals surface area contributed by atoms with Gasteiger partial charge < -0.3 is 5.11 Å². The van der Waals surface area contributed by atoms with E-state index >= 15 is 0 Å². The predicted octanol–water partition coefficient (Wildman–Crippen LogP) is 1.62. The van der Waals surface area contributed by atoms with Crippen molar-refractivity contribution in [2.45, 2.75) is 40.2 Å². The highest BCUT2D eigenvalue weighted by Gasteiger charge is 2.13. The van der Waals surface area contributed by atoms with Crippen LogP contribution in [0.3, 0.4) is 0 Å². The van der Waals surface area contributed by atoms with Crippen LogP contribution in [0.2, 0.25) is 0 Å². The molecular weight excluding hydrogens is 164 g/mol. The zero-order chi connectivity index (χ0) is 10.0. The molecule has 0 saturated carbocycles. The molecule has 0 radical (unpaired) electrons. The topological polar surface area (TPSA) is 38.0 Å². The molecule has 0 unspecified atom stereocenters. The van der Waals surface area contributed by atoms with E-state index in [2.05, 4.69) is 25.9 Å². The Morgan fingerprint density at radius 1 is 1.38 bits per heavy atom. The van der Waals surface area contributed by atoms with Gasteiger partial charge in [-0.2, -0.15) is 5.10 Å². The third kappa shape index (κ3) is 1.91. The Balaban J connectivity index is 3.11. The van der Waals surface area contributed by atoms with Crippen LogP contribution in [0.4, 0.5) is 0 Å². The highest BCUT2D eigenvalue weighted by Crippen LogP contribution is 2.21. The van der Waals surface area contributed by atoms with Crippen molar-refractivity contribution in [3.8, 4) is 0 Å². The van der Waals surface area contributed by atoms with Crippen LogP contribution in [0.5, 0.6) is 0 Å². The molecule has 0 bridgehead atoms. The largest absolute Gasteiger partial charge is 0.394 e. The van der Waals surface area contributed by atoms with Gasteiger partial charge in [-0.1, -0.05) is 13.8 Å². The summed E-state index contributed by atoms with van der Waals surface area (Å²) in [4.78, 5) is 0. The number of rotatable bonds is 3. The van der Waals surface area contributed by atoms with Gasteiger partial charge in [-0.15, -0.1) is 0 Å². The van der Waals surface area contributed by atoms with Crippen LogP contribution in [0.15, 0.2) is 0 Å². The SMILES string of the molecule is Cc1nn(CCO)c(C(C)C)c1C. The summed E-state index contributed by atoms with van der Waals surface area (Å²) < 4.78 is 1.91. The monoisotopic (exact) mass is 182 g/mol. The van der Waals surface area contributed by atoms with Crippen LogP contribution in [-0.2, 0) is 6.54 Å².